The third kappa shape index (κ3) is 3.90. The molecule has 158 valence electrons. The topological polar surface area (TPSA) is 74.8 Å². The Balaban J connectivity index is 1.58. The Bertz CT molecular complexity index is 1130. The van der Waals surface area contributed by atoms with Crippen LogP contribution in [0.3, 0.4) is 0 Å². The van der Waals surface area contributed by atoms with Crippen LogP contribution in [0.2, 0.25) is 0 Å². The van der Waals surface area contributed by atoms with Crippen LogP contribution in [-0.4, -0.2) is 39.1 Å². The number of aryl methyl sites for hydroxylation is 1. The van der Waals surface area contributed by atoms with E-state index >= 15 is 0 Å². The normalized spacial score (nSPS) is 15.7. The number of para-hydroxylation sites is 1. The Morgan fingerprint density at radius 3 is 2.57 bits per heavy atom. The van der Waals surface area contributed by atoms with E-state index in [0.29, 0.717) is 29.7 Å². The van der Waals surface area contributed by atoms with Gasteiger partial charge in [0.2, 0.25) is 11.8 Å². The highest BCUT2D eigenvalue weighted by Crippen LogP contribution is 2.38. The van der Waals surface area contributed by atoms with E-state index in [1.807, 2.05) is 30.3 Å². The predicted octanol–water partition coefficient (Wildman–Crippen LogP) is 3.50. The average Bonchev–Trinajstić information content (AvgIpc) is 3.15. The number of halogens is 1. The fourth-order valence-corrected chi connectivity index (χ4v) is 6.44. The van der Waals surface area contributed by atoms with E-state index in [-0.39, 0.29) is 28.9 Å². The second-order valence-electron chi connectivity index (χ2n) is 7.68. The van der Waals surface area contributed by atoms with E-state index in [2.05, 4.69) is 15.9 Å². The van der Waals surface area contributed by atoms with Crippen molar-refractivity contribution in [3.8, 4) is 0 Å². The summed E-state index contributed by atoms with van der Waals surface area (Å²) in [6.45, 7) is 2.50. The molecule has 2 aromatic carbocycles. The number of carbonyl (C=O) groups excluding carboxylic acids is 2. The van der Waals surface area contributed by atoms with Crippen molar-refractivity contribution in [2.45, 2.75) is 37.5 Å². The first kappa shape index (κ1) is 21.1. The lowest BCUT2D eigenvalue weighted by atomic mass is 10.0. The maximum absolute atomic E-state index is 13.2. The van der Waals surface area contributed by atoms with Gasteiger partial charge in [-0.15, -0.1) is 0 Å². The maximum Gasteiger partial charge on any atom is 0.228 e. The maximum atomic E-state index is 13.2. The number of benzene rings is 2. The van der Waals surface area contributed by atoms with Gasteiger partial charge < -0.3 is 9.80 Å². The van der Waals surface area contributed by atoms with E-state index < -0.39 is 9.84 Å². The largest absolute Gasteiger partial charge is 0.312 e. The van der Waals surface area contributed by atoms with Gasteiger partial charge in [0.25, 0.3) is 0 Å². The second kappa shape index (κ2) is 8.15. The molecule has 0 radical (unpaired) electrons. The van der Waals surface area contributed by atoms with E-state index in [1.54, 1.807) is 4.90 Å². The molecule has 30 heavy (non-hydrogen) atoms. The molecule has 0 aromatic heterocycles. The van der Waals surface area contributed by atoms with Crippen molar-refractivity contribution in [1.29, 1.82) is 0 Å². The van der Waals surface area contributed by atoms with Gasteiger partial charge in [0.05, 0.1) is 16.3 Å². The van der Waals surface area contributed by atoms with E-state index in [4.69, 9.17) is 0 Å². The van der Waals surface area contributed by atoms with Gasteiger partial charge in [0.1, 0.15) is 0 Å². The molecule has 2 aromatic rings. The summed E-state index contributed by atoms with van der Waals surface area (Å²) in [5.74, 6) is -0.673. The highest BCUT2D eigenvalue weighted by molar-refractivity contribution is 9.10. The Kier molecular flexibility index (Phi) is 5.72. The zero-order chi connectivity index (χ0) is 21.5. The van der Waals surface area contributed by atoms with Crippen LogP contribution in [0.4, 0.5) is 11.4 Å². The first-order chi connectivity index (χ1) is 14.3. The molecule has 2 amide bonds. The smallest absolute Gasteiger partial charge is 0.228 e. The zero-order valence-corrected chi connectivity index (χ0v) is 19.1. The average molecular weight is 491 g/mol. The lowest BCUT2D eigenvalue weighted by molar-refractivity contribution is -0.118. The lowest BCUT2D eigenvalue weighted by Gasteiger charge is -2.29. The molecule has 2 aliphatic heterocycles. The van der Waals surface area contributed by atoms with Crippen molar-refractivity contribution < 1.29 is 18.0 Å². The monoisotopic (exact) mass is 490 g/mol. The minimum absolute atomic E-state index is 0.0992. The number of rotatable bonds is 4. The molecule has 0 saturated carbocycles. The van der Waals surface area contributed by atoms with Gasteiger partial charge in [-0.05, 0) is 48.6 Å². The molecule has 0 bridgehead atoms. The van der Waals surface area contributed by atoms with Crippen LogP contribution < -0.4 is 9.80 Å². The summed E-state index contributed by atoms with van der Waals surface area (Å²) in [6, 6.07) is 11.1. The lowest BCUT2D eigenvalue weighted by Crippen LogP contribution is -2.36. The SMILES string of the molecule is CC(=O)N1CCc2cc(Br)cc(S(=O)(=O)CCC(=O)N3CCCc4ccccc43)c21. The number of hydrogen-bond acceptors (Lipinski definition) is 4. The van der Waals surface area contributed by atoms with Gasteiger partial charge in [-0.2, -0.15) is 0 Å². The van der Waals surface area contributed by atoms with Crippen LogP contribution in [0.1, 0.15) is 30.9 Å². The Labute approximate surface area is 184 Å². The van der Waals surface area contributed by atoms with Crippen LogP contribution in [0, 0.1) is 0 Å². The predicted molar refractivity (Wildman–Crippen MR) is 120 cm³/mol. The molecule has 8 heteroatoms. The van der Waals surface area contributed by atoms with Gasteiger partial charge in [-0.3, -0.25) is 9.59 Å². The summed E-state index contributed by atoms with van der Waals surface area (Å²) < 4.78 is 27.1. The first-order valence-corrected chi connectivity index (χ1v) is 12.4. The summed E-state index contributed by atoms with van der Waals surface area (Å²) >= 11 is 3.38. The summed E-state index contributed by atoms with van der Waals surface area (Å²) in [4.78, 5) is 28.2. The molecule has 0 spiro atoms. The third-order valence-corrected chi connectivity index (χ3v) is 7.89. The fraction of sp³-hybridized carbons (Fsp3) is 0.364. The molecule has 6 nitrogen and oxygen atoms in total. The Hall–Kier alpha value is -2.19. The summed E-state index contributed by atoms with van der Waals surface area (Å²) in [6.07, 6.45) is 2.30. The number of nitrogens with zero attached hydrogens (tertiary/aromatic N) is 2. The van der Waals surface area contributed by atoms with Crippen molar-refractivity contribution in [3.63, 3.8) is 0 Å². The van der Waals surface area contributed by atoms with Gasteiger partial charge in [-0.1, -0.05) is 34.1 Å². The highest BCUT2D eigenvalue weighted by atomic mass is 79.9. The molecule has 4 rings (SSSR count). The molecule has 0 fully saturated rings. The molecule has 0 atom stereocenters. The first-order valence-electron chi connectivity index (χ1n) is 9.99. The number of sulfone groups is 1. The van der Waals surface area contributed by atoms with Gasteiger partial charge >= 0.3 is 0 Å². The molecular formula is C22H23BrN2O4S. The quantitative estimate of drug-likeness (QED) is 0.657. The number of fused-ring (bicyclic) bond motifs is 2. The number of carbonyl (C=O) groups is 2. The van der Waals surface area contributed by atoms with Gasteiger partial charge in [-0.25, -0.2) is 8.42 Å². The Morgan fingerprint density at radius 1 is 1.03 bits per heavy atom. The van der Waals surface area contributed by atoms with Crippen LogP contribution in [-0.2, 0) is 32.3 Å². The van der Waals surface area contributed by atoms with Crippen molar-refractivity contribution in [3.05, 3.63) is 52.0 Å². The minimum Gasteiger partial charge on any atom is -0.312 e. The standard InChI is InChI=1S/C22H23BrN2O4S/c1-15(26)24-11-8-17-13-18(23)14-20(22(17)24)30(28,29)12-9-21(27)25-10-4-6-16-5-2-3-7-19(16)25/h2-3,5,7,13-14H,4,6,8-12H2,1H3. The molecule has 0 N–H and O–H groups in total. The van der Waals surface area contributed by atoms with Crippen LogP contribution in [0.5, 0.6) is 0 Å². The van der Waals surface area contributed by atoms with Crippen molar-refractivity contribution in [2.75, 3.05) is 28.6 Å². The zero-order valence-electron chi connectivity index (χ0n) is 16.7. The van der Waals surface area contributed by atoms with Gasteiger partial charge in [0.15, 0.2) is 9.84 Å². The molecule has 2 heterocycles. The highest BCUT2D eigenvalue weighted by Gasteiger charge is 2.32. The van der Waals surface area contributed by atoms with Crippen LogP contribution in [0.25, 0.3) is 0 Å². The summed E-state index contributed by atoms with van der Waals surface area (Å²) in [5.41, 5.74) is 3.27. The van der Waals surface area contributed by atoms with E-state index in [0.717, 1.165) is 29.7 Å². The Morgan fingerprint density at radius 2 is 1.80 bits per heavy atom. The number of hydrogen-bond donors (Lipinski definition) is 0. The third-order valence-electron chi connectivity index (χ3n) is 5.70. The van der Waals surface area contributed by atoms with Gasteiger partial charge in [0, 0.05) is 36.6 Å². The second-order valence-corrected chi connectivity index (χ2v) is 10.7. The fourth-order valence-electron chi connectivity index (χ4n) is 4.28. The molecule has 2 aliphatic rings. The van der Waals surface area contributed by atoms with Crippen molar-refractivity contribution in [1.82, 2.24) is 0 Å². The summed E-state index contributed by atoms with van der Waals surface area (Å²) in [7, 11) is -3.76. The van der Waals surface area contributed by atoms with Crippen LogP contribution >= 0.6 is 15.9 Å². The molecule has 0 saturated heterocycles. The van der Waals surface area contributed by atoms with E-state index in [1.165, 1.54) is 17.9 Å². The number of anilines is 2. The summed E-state index contributed by atoms with van der Waals surface area (Å²) in [5, 5.41) is 0. The van der Waals surface area contributed by atoms with Crippen LogP contribution in [0.15, 0.2) is 45.8 Å². The minimum atomic E-state index is -3.76. The van der Waals surface area contributed by atoms with Crippen molar-refractivity contribution in [2.24, 2.45) is 0 Å². The number of amides is 2. The van der Waals surface area contributed by atoms with Crippen molar-refractivity contribution >= 4 is 49.0 Å². The molecule has 0 aliphatic carbocycles. The van der Waals surface area contributed by atoms with E-state index in [9.17, 15) is 18.0 Å². The molecular weight excluding hydrogens is 468 g/mol. The molecule has 0 unspecified atom stereocenters.